The number of hydrogen-bond acceptors (Lipinski definition) is 3. The van der Waals surface area contributed by atoms with Gasteiger partial charge in [-0.1, -0.05) is 37.3 Å². The molecule has 0 bridgehead atoms. The van der Waals surface area contributed by atoms with Crippen molar-refractivity contribution < 1.29 is 4.42 Å². The molecule has 0 saturated heterocycles. The van der Waals surface area contributed by atoms with E-state index >= 15 is 0 Å². The largest absolute Gasteiger partial charge is 0.436 e. The lowest BCUT2D eigenvalue weighted by atomic mass is 9.93. The molecule has 0 fully saturated rings. The molecule has 0 radical (unpaired) electrons. The zero-order chi connectivity index (χ0) is 13.9. The lowest BCUT2D eigenvalue weighted by molar-refractivity contribution is 0.614. The molecule has 1 heterocycles. The number of oxazole rings is 1. The Morgan fingerprint density at radius 1 is 1.10 bits per heavy atom. The van der Waals surface area contributed by atoms with Gasteiger partial charge in [0.25, 0.3) is 0 Å². The molecule has 20 heavy (non-hydrogen) atoms. The smallest absolute Gasteiger partial charge is 0.227 e. The summed E-state index contributed by atoms with van der Waals surface area (Å²) in [5.41, 5.74) is 9.69. The van der Waals surface area contributed by atoms with Crippen LogP contribution in [0.2, 0.25) is 0 Å². The first-order chi connectivity index (χ1) is 9.79. The normalized spacial score (nSPS) is 12.7. The molecule has 3 rings (SSSR count). The number of hydrogen-bond donors (Lipinski definition) is 1. The van der Waals surface area contributed by atoms with Gasteiger partial charge in [-0.2, -0.15) is 0 Å². The highest BCUT2D eigenvalue weighted by atomic mass is 16.3. The Morgan fingerprint density at radius 2 is 1.85 bits per heavy atom. The van der Waals surface area contributed by atoms with Gasteiger partial charge < -0.3 is 10.2 Å². The van der Waals surface area contributed by atoms with Gasteiger partial charge >= 0.3 is 0 Å². The first-order valence-corrected chi connectivity index (χ1v) is 6.94. The molecule has 0 aliphatic heterocycles. The first kappa shape index (κ1) is 12.9. The van der Waals surface area contributed by atoms with Crippen molar-refractivity contribution in [3.63, 3.8) is 0 Å². The van der Waals surface area contributed by atoms with Gasteiger partial charge in [-0.3, -0.25) is 0 Å². The van der Waals surface area contributed by atoms with Crippen LogP contribution in [-0.4, -0.2) is 11.5 Å². The Labute approximate surface area is 118 Å². The minimum Gasteiger partial charge on any atom is -0.436 e. The molecule has 1 atom stereocenters. The molecular formula is C17H18N2O. The SMILES string of the molecule is CC(CCN)c1ccccc1-c1nc2ccccc2o1. The number of nitrogens with zero attached hydrogens (tertiary/aromatic N) is 1. The van der Waals surface area contributed by atoms with E-state index in [9.17, 15) is 0 Å². The number of rotatable bonds is 4. The molecule has 1 aromatic heterocycles. The average Bonchev–Trinajstić information content (AvgIpc) is 2.91. The molecule has 2 aromatic carbocycles. The van der Waals surface area contributed by atoms with Crippen molar-refractivity contribution in [2.45, 2.75) is 19.3 Å². The standard InChI is InChI=1S/C17H18N2O/c1-12(10-11-18)13-6-2-3-7-14(13)17-19-15-8-4-5-9-16(15)20-17/h2-9,12H,10-11,18H2,1H3. The van der Waals surface area contributed by atoms with Crippen LogP contribution in [0, 0.1) is 0 Å². The third kappa shape index (κ3) is 2.32. The average molecular weight is 266 g/mol. The van der Waals surface area contributed by atoms with Crippen molar-refractivity contribution in [2.24, 2.45) is 5.73 Å². The second kappa shape index (κ2) is 5.47. The van der Waals surface area contributed by atoms with Crippen molar-refractivity contribution >= 4 is 11.1 Å². The second-order valence-electron chi connectivity index (χ2n) is 5.05. The van der Waals surface area contributed by atoms with Crippen molar-refractivity contribution in [3.8, 4) is 11.5 Å². The predicted octanol–water partition coefficient (Wildman–Crippen LogP) is 3.95. The van der Waals surface area contributed by atoms with E-state index in [-0.39, 0.29) is 0 Å². The molecule has 3 heteroatoms. The van der Waals surface area contributed by atoms with Crippen LogP contribution in [0.5, 0.6) is 0 Å². The monoisotopic (exact) mass is 266 g/mol. The predicted molar refractivity (Wildman–Crippen MR) is 81.5 cm³/mol. The van der Waals surface area contributed by atoms with Gasteiger partial charge in [-0.05, 0) is 42.6 Å². The number of nitrogens with two attached hydrogens (primary N) is 1. The van der Waals surface area contributed by atoms with Gasteiger partial charge in [0, 0.05) is 5.56 Å². The quantitative estimate of drug-likeness (QED) is 0.778. The third-order valence-corrected chi connectivity index (χ3v) is 3.62. The number of para-hydroxylation sites is 2. The fourth-order valence-corrected chi connectivity index (χ4v) is 2.51. The molecule has 0 aliphatic rings. The van der Waals surface area contributed by atoms with Crippen LogP contribution in [0.4, 0.5) is 0 Å². The Kier molecular flexibility index (Phi) is 3.52. The zero-order valence-corrected chi connectivity index (χ0v) is 11.5. The van der Waals surface area contributed by atoms with Crippen LogP contribution in [0.1, 0.15) is 24.8 Å². The summed E-state index contributed by atoms with van der Waals surface area (Å²) < 4.78 is 5.88. The van der Waals surface area contributed by atoms with Crippen molar-refractivity contribution in [3.05, 3.63) is 54.1 Å². The Hall–Kier alpha value is -2.13. The molecule has 0 aliphatic carbocycles. The maximum atomic E-state index is 5.88. The molecule has 3 aromatic rings. The van der Waals surface area contributed by atoms with E-state index < -0.39 is 0 Å². The summed E-state index contributed by atoms with van der Waals surface area (Å²) in [6, 6.07) is 16.1. The molecule has 2 N–H and O–H groups in total. The summed E-state index contributed by atoms with van der Waals surface area (Å²) in [5, 5.41) is 0. The summed E-state index contributed by atoms with van der Waals surface area (Å²) in [6.45, 7) is 2.87. The van der Waals surface area contributed by atoms with Gasteiger partial charge in [0.1, 0.15) is 5.52 Å². The van der Waals surface area contributed by atoms with Gasteiger partial charge in [0.05, 0.1) is 0 Å². The topological polar surface area (TPSA) is 52.0 Å². The van der Waals surface area contributed by atoms with Gasteiger partial charge in [0.2, 0.25) is 5.89 Å². The number of aromatic nitrogens is 1. The van der Waals surface area contributed by atoms with Crippen LogP contribution in [-0.2, 0) is 0 Å². The Balaban J connectivity index is 2.09. The van der Waals surface area contributed by atoms with Crippen molar-refractivity contribution in [2.75, 3.05) is 6.54 Å². The summed E-state index contributed by atoms with van der Waals surface area (Å²) in [6.07, 6.45) is 0.956. The molecule has 0 amide bonds. The van der Waals surface area contributed by atoms with Crippen LogP contribution in [0.25, 0.3) is 22.6 Å². The number of benzene rings is 2. The number of fused-ring (bicyclic) bond motifs is 1. The molecule has 0 spiro atoms. The van der Waals surface area contributed by atoms with E-state index in [1.807, 2.05) is 30.3 Å². The fraction of sp³-hybridized carbons (Fsp3) is 0.235. The van der Waals surface area contributed by atoms with E-state index in [0.29, 0.717) is 18.4 Å². The zero-order valence-electron chi connectivity index (χ0n) is 11.5. The molecule has 1 unspecified atom stereocenters. The maximum absolute atomic E-state index is 5.88. The van der Waals surface area contributed by atoms with E-state index in [1.54, 1.807) is 0 Å². The minimum absolute atomic E-state index is 0.395. The van der Waals surface area contributed by atoms with Gasteiger partial charge in [0.15, 0.2) is 5.58 Å². The fourth-order valence-electron chi connectivity index (χ4n) is 2.51. The van der Waals surface area contributed by atoms with Crippen molar-refractivity contribution in [1.82, 2.24) is 4.98 Å². The van der Waals surface area contributed by atoms with Gasteiger partial charge in [-0.15, -0.1) is 0 Å². The van der Waals surface area contributed by atoms with E-state index in [0.717, 1.165) is 23.1 Å². The highest BCUT2D eigenvalue weighted by molar-refractivity contribution is 5.76. The molecule has 3 nitrogen and oxygen atoms in total. The van der Waals surface area contributed by atoms with Crippen molar-refractivity contribution in [1.29, 1.82) is 0 Å². The lowest BCUT2D eigenvalue weighted by Gasteiger charge is -2.13. The highest BCUT2D eigenvalue weighted by Crippen LogP contribution is 2.31. The van der Waals surface area contributed by atoms with Crippen LogP contribution in [0.15, 0.2) is 52.9 Å². The Morgan fingerprint density at radius 3 is 2.65 bits per heavy atom. The van der Waals surface area contributed by atoms with E-state index in [4.69, 9.17) is 10.2 Å². The third-order valence-electron chi connectivity index (χ3n) is 3.62. The lowest BCUT2D eigenvalue weighted by Crippen LogP contribution is -2.05. The van der Waals surface area contributed by atoms with E-state index in [1.165, 1.54) is 5.56 Å². The van der Waals surface area contributed by atoms with Crippen LogP contribution < -0.4 is 5.73 Å². The second-order valence-corrected chi connectivity index (χ2v) is 5.05. The molecule has 0 saturated carbocycles. The Bertz CT molecular complexity index is 685. The summed E-state index contributed by atoms with van der Waals surface area (Å²) in [7, 11) is 0. The van der Waals surface area contributed by atoms with Crippen LogP contribution in [0.3, 0.4) is 0 Å². The molecular weight excluding hydrogens is 248 g/mol. The van der Waals surface area contributed by atoms with Gasteiger partial charge in [-0.25, -0.2) is 4.98 Å². The highest BCUT2D eigenvalue weighted by Gasteiger charge is 2.15. The van der Waals surface area contributed by atoms with Crippen LogP contribution >= 0.6 is 0 Å². The summed E-state index contributed by atoms with van der Waals surface area (Å²) >= 11 is 0. The van der Waals surface area contributed by atoms with E-state index in [2.05, 4.69) is 30.1 Å². The molecule has 102 valence electrons. The summed E-state index contributed by atoms with van der Waals surface area (Å²) in [5.74, 6) is 1.08. The maximum Gasteiger partial charge on any atom is 0.227 e. The minimum atomic E-state index is 0.395. The first-order valence-electron chi connectivity index (χ1n) is 6.94. The summed E-state index contributed by atoms with van der Waals surface area (Å²) in [4.78, 5) is 4.59.